The van der Waals surface area contributed by atoms with Crippen molar-refractivity contribution >= 4 is 57.2 Å². The smallest absolute Gasteiger partial charge is 0.340 e. The molecule has 2 N–H and O–H groups in total. The molecule has 28 heavy (non-hydrogen) atoms. The van der Waals surface area contributed by atoms with Crippen LogP contribution in [-0.4, -0.2) is 33.0 Å². The summed E-state index contributed by atoms with van der Waals surface area (Å²) in [5.74, 6) is -0.0587. The first-order valence-corrected chi connectivity index (χ1v) is 10.0. The van der Waals surface area contributed by atoms with E-state index in [4.69, 9.17) is 28.6 Å². The number of nitrogens with one attached hydrogen (secondary N) is 2. The number of nitrogens with zero attached hydrogens (tertiary/aromatic N) is 3. The van der Waals surface area contributed by atoms with E-state index in [1.807, 2.05) is 31.2 Å². The molecule has 0 aliphatic rings. The van der Waals surface area contributed by atoms with Crippen LogP contribution in [0.5, 0.6) is 0 Å². The average Bonchev–Trinajstić information content (AvgIpc) is 3.27. The molecule has 146 valence electrons. The molecule has 0 bridgehead atoms. The number of hydrogen-bond donors (Lipinski definition) is 2. The van der Waals surface area contributed by atoms with E-state index in [1.165, 1.54) is 18.4 Å². The highest BCUT2D eigenvalue weighted by Gasteiger charge is 2.17. The van der Waals surface area contributed by atoms with E-state index in [0.717, 1.165) is 16.9 Å². The van der Waals surface area contributed by atoms with Gasteiger partial charge in [0.1, 0.15) is 11.3 Å². The molecule has 2 aromatic heterocycles. The van der Waals surface area contributed by atoms with E-state index in [-0.39, 0.29) is 5.11 Å². The van der Waals surface area contributed by atoms with E-state index >= 15 is 0 Å². The van der Waals surface area contributed by atoms with Gasteiger partial charge in [0.15, 0.2) is 5.11 Å². The minimum atomic E-state index is -0.412. The Hall–Kier alpha value is -2.49. The molecule has 3 aromatic rings. The lowest BCUT2D eigenvalue weighted by molar-refractivity contribution is 0.0602. The normalized spacial score (nSPS) is 10.5. The number of methoxy groups -OCH3 is 1. The number of thiocarbonyl (C=S) groups is 1. The summed E-state index contributed by atoms with van der Waals surface area (Å²) in [6.07, 6.45) is 2.41. The monoisotopic (exact) mass is 435 g/mol. The number of esters is 1. The van der Waals surface area contributed by atoms with Crippen molar-refractivity contribution in [1.29, 1.82) is 0 Å². The summed E-state index contributed by atoms with van der Waals surface area (Å²) < 4.78 is 6.51. The van der Waals surface area contributed by atoms with E-state index in [0.29, 0.717) is 28.1 Å². The number of carbonyl (C=O) groups excluding carboxylic acids is 1. The van der Waals surface area contributed by atoms with Gasteiger partial charge in [-0.25, -0.2) is 14.5 Å². The minimum absolute atomic E-state index is 0.287. The van der Waals surface area contributed by atoms with Crippen LogP contribution in [0.4, 0.5) is 10.9 Å². The number of thiophene rings is 1. The van der Waals surface area contributed by atoms with Gasteiger partial charge >= 0.3 is 5.97 Å². The molecule has 1 aromatic carbocycles. The third kappa shape index (κ3) is 5.06. The first kappa shape index (κ1) is 20.2. The fourth-order valence-electron chi connectivity index (χ4n) is 2.46. The topological polar surface area (TPSA) is 81.1 Å². The van der Waals surface area contributed by atoms with Crippen LogP contribution in [0.25, 0.3) is 0 Å². The van der Waals surface area contributed by atoms with Crippen LogP contribution in [0.1, 0.15) is 27.7 Å². The Kier molecular flexibility index (Phi) is 6.61. The molecule has 0 radical (unpaired) electrons. The Bertz CT molecular complexity index is 1000. The van der Waals surface area contributed by atoms with Crippen molar-refractivity contribution in [3.63, 3.8) is 0 Å². The van der Waals surface area contributed by atoms with E-state index < -0.39 is 5.97 Å². The average molecular weight is 436 g/mol. The number of ether oxygens (including phenoxy) is 1. The molecule has 0 unspecified atom stereocenters. The van der Waals surface area contributed by atoms with Gasteiger partial charge < -0.3 is 10.1 Å². The van der Waals surface area contributed by atoms with Crippen LogP contribution in [0.3, 0.4) is 0 Å². The number of rotatable bonds is 6. The fourth-order valence-corrected chi connectivity index (χ4v) is 3.92. The number of halogens is 1. The maximum Gasteiger partial charge on any atom is 0.340 e. The second-order valence-corrected chi connectivity index (χ2v) is 7.76. The zero-order chi connectivity index (χ0) is 20.1. The molecule has 0 fully saturated rings. The van der Waals surface area contributed by atoms with E-state index in [1.54, 1.807) is 17.1 Å². The summed E-state index contributed by atoms with van der Waals surface area (Å²) in [5.41, 5.74) is 1.46. The first-order valence-electron chi connectivity index (χ1n) is 8.41. The van der Waals surface area contributed by atoms with Gasteiger partial charge in [-0.1, -0.05) is 30.7 Å². The summed E-state index contributed by atoms with van der Waals surface area (Å²) in [4.78, 5) is 17.2. The highest BCUT2D eigenvalue weighted by molar-refractivity contribution is 7.80. The lowest BCUT2D eigenvalue weighted by Crippen LogP contribution is -2.20. The van der Waals surface area contributed by atoms with Crippen LogP contribution in [0.2, 0.25) is 5.02 Å². The lowest BCUT2D eigenvalue weighted by atomic mass is 10.2. The molecule has 0 spiro atoms. The zero-order valence-electron chi connectivity index (χ0n) is 15.2. The highest BCUT2D eigenvalue weighted by Crippen LogP contribution is 2.29. The quantitative estimate of drug-likeness (QED) is 0.443. The predicted octanol–water partition coefficient (Wildman–Crippen LogP) is 4.20. The number of hydrogen-bond acceptors (Lipinski definition) is 6. The van der Waals surface area contributed by atoms with Crippen molar-refractivity contribution in [2.75, 3.05) is 17.7 Å². The first-order chi connectivity index (χ1) is 13.5. The molecule has 0 aliphatic carbocycles. The fraction of sp³-hybridized carbons (Fsp3) is 0.222. The minimum Gasteiger partial charge on any atom is -0.465 e. The molecule has 0 saturated heterocycles. The van der Waals surface area contributed by atoms with Crippen molar-refractivity contribution in [3.05, 3.63) is 57.7 Å². The molecule has 10 heteroatoms. The van der Waals surface area contributed by atoms with Gasteiger partial charge in [-0.15, -0.1) is 16.4 Å². The molecule has 7 nitrogen and oxygen atoms in total. The maximum atomic E-state index is 11.9. The van der Waals surface area contributed by atoms with Crippen LogP contribution >= 0.6 is 35.2 Å². The molecule has 3 rings (SSSR count). The van der Waals surface area contributed by atoms with Gasteiger partial charge in [-0.3, -0.25) is 5.32 Å². The third-order valence-electron chi connectivity index (χ3n) is 3.76. The summed E-state index contributed by atoms with van der Waals surface area (Å²) in [6.45, 7) is 2.55. The number of benzene rings is 1. The number of carbonyl (C=O) groups is 1. The molecule has 0 atom stereocenters. The van der Waals surface area contributed by atoms with Gasteiger partial charge in [0.25, 0.3) is 0 Å². The van der Waals surface area contributed by atoms with Gasteiger partial charge in [0.05, 0.1) is 19.2 Å². The highest BCUT2D eigenvalue weighted by atomic mass is 35.5. The number of aryl methyl sites for hydroxylation is 1. The van der Waals surface area contributed by atoms with Crippen LogP contribution in [0, 0.1) is 0 Å². The Morgan fingerprint density at radius 1 is 1.36 bits per heavy atom. The van der Waals surface area contributed by atoms with Crippen LogP contribution in [0.15, 0.2) is 36.7 Å². The predicted molar refractivity (Wildman–Crippen MR) is 115 cm³/mol. The Labute approximate surface area is 176 Å². The molecule has 0 aliphatic heterocycles. The molecule has 0 saturated carbocycles. The molecule has 0 amide bonds. The summed E-state index contributed by atoms with van der Waals surface area (Å²) in [5, 5.41) is 11.9. The zero-order valence-corrected chi connectivity index (χ0v) is 17.6. The summed E-state index contributed by atoms with van der Waals surface area (Å²) >= 11 is 12.8. The van der Waals surface area contributed by atoms with Gasteiger partial charge in [0.2, 0.25) is 5.95 Å². The van der Waals surface area contributed by atoms with Crippen molar-refractivity contribution in [3.8, 4) is 0 Å². The van der Waals surface area contributed by atoms with E-state index in [9.17, 15) is 4.79 Å². The number of aromatic nitrogens is 3. The van der Waals surface area contributed by atoms with Gasteiger partial charge in [-0.2, -0.15) is 0 Å². The SMILES string of the molecule is CCc1cc(C(=O)OC)c(NC(=S)Nc2ncn(Cc3cccc(Cl)c3)n2)s1. The standard InChI is InChI=1S/C18H18ClN5O2S2/c1-3-13-8-14(16(25)26-2)15(28-13)21-18(27)22-17-20-10-24(23-17)9-11-5-4-6-12(19)7-11/h4-8,10H,3,9H2,1-2H3,(H2,21,22,23,27). The second-order valence-electron chi connectivity index (χ2n) is 5.78. The maximum absolute atomic E-state index is 11.9. The molecule has 2 heterocycles. The largest absolute Gasteiger partial charge is 0.465 e. The Morgan fingerprint density at radius 2 is 2.18 bits per heavy atom. The Balaban J connectivity index is 1.65. The Morgan fingerprint density at radius 3 is 2.89 bits per heavy atom. The van der Waals surface area contributed by atoms with Crippen LogP contribution in [-0.2, 0) is 17.7 Å². The van der Waals surface area contributed by atoms with Crippen LogP contribution < -0.4 is 10.6 Å². The number of anilines is 2. The second kappa shape index (κ2) is 9.13. The molecular formula is C18H18ClN5O2S2. The van der Waals surface area contributed by atoms with Gasteiger partial charge in [-0.05, 0) is 42.4 Å². The summed E-state index contributed by atoms with van der Waals surface area (Å²) in [6, 6.07) is 9.35. The lowest BCUT2D eigenvalue weighted by Gasteiger charge is -2.07. The van der Waals surface area contributed by atoms with E-state index in [2.05, 4.69) is 20.7 Å². The third-order valence-corrected chi connectivity index (χ3v) is 5.39. The van der Waals surface area contributed by atoms with Gasteiger partial charge in [0, 0.05) is 9.90 Å². The van der Waals surface area contributed by atoms with Crippen molar-refractivity contribution < 1.29 is 9.53 Å². The van der Waals surface area contributed by atoms with Crippen molar-refractivity contribution in [1.82, 2.24) is 14.8 Å². The summed E-state index contributed by atoms with van der Waals surface area (Å²) in [7, 11) is 1.35. The van der Waals surface area contributed by atoms with Crippen molar-refractivity contribution in [2.45, 2.75) is 19.9 Å². The molecular weight excluding hydrogens is 418 g/mol. The van der Waals surface area contributed by atoms with Crippen molar-refractivity contribution in [2.24, 2.45) is 0 Å².